The Morgan fingerprint density at radius 1 is 1.25 bits per heavy atom. The summed E-state index contributed by atoms with van der Waals surface area (Å²) < 4.78 is 16.5. The highest BCUT2D eigenvalue weighted by molar-refractivity contribution is 5.72. The molecule has 0 aromatic heterocycles. The second kappa shape index (κ2) is 5.25. The van der Waals surface area contributed by atoms with E-state index in [1.165, 1.54) is 7.11 Å². The summed E-state index contributed by atoms with van der Waals surface area (Å²) in [6, 6.07) is 7.41. The van der Waals surface area contributed by atoms with Gasteiger partial charge < -0.3 is 14.2 Å². The number of hydrogen-bond acceptors (Lipinski definition) is 4. The standard InChI is InChI=1S/C16H14O4/c1-18-16(17)10-15-11-6-2-3-7-12(11)19-13-8-4-5-9-14(13)20-15/h2-5,7-9H,6,10H2,1H3. The van der Waals surface area contributed by atoms with Gasteiger partial charge in [0.1, 0.15) is 17.9 Å². The third kappa shape index (κ3) is 2.32. The fourth-order valence-corrected chi connectivity index (χ4v) is 2.17. The van der Waals surface area contributed by atoms with Gasteiger partial charge in [-0.05, 0) is 24.6 Å². The highest BCUT2D eigenvalue weighted by Crippen LogP contribution is 2.38. The number of benzene rings is 1. The highest BCUT2D eigenvalue weighted by atomic mass is 16.5. The maximum absolute atomic E-state index is 11.6. The van der Waals surface area contributed by atoms with Gasteiger partial charge in [-0.2, -0.15) is 0 Å². The summed E-state index contributed by atoms with van der Waals surface area (Å²) in [5, 5.41) is 0. The molecule has 2 aliphatic rings. The Hall–Kier alpha value is -2.49. The molecule has 0 radical (unpaired) electrons. The van der Waals surface area contributed by atoms with Crippen molar-refractivity contribution in [3.05, 3.63) is 59.6 Å². The normalized spacial score (nSPS) is 16.1. The summed E-state index contributed by atoms with van der Waals surface area (Å²) in [5.74, 6) is 2.22. The zero-order valence-electron chi connectivity index (χ0n) is 11.1. The average Bonchev–Trinajstić information content (AvgIpc) is 2.63. The van der Waals surface area contributed by atoms with E-state index in [1.807, 2.05) is 42.5 Å². The lowest BCUT2D eigenvalue weighted by atomic mass is 10.0. The number of rotatable bonds is 2. The van der Waals surface area contributed by atoms with Gasteiger partial charge in [-0.3, -0.25) is 4.79 Å². The molecule has 1 aromatic carbocycles. The van der Waals surface area contributed by atoms with Crippen LogP contribution in [0.15, 0.2) is 59.6 Å². The van der Waals surface area contributed by atoms with Crippen LogP contribution in [0.25, 0.3) is 0 Å². The van der Waals surface area contributed by atoms with Gasteiger partial charge in [0, 0.05) is 5.57 Å². The lowest BCUT2D eigenvalue weighted by Gasteiger charge is -2.13. The molecule has 1 aliphatic carbocycles. The van der Waals surface area contributed by atoms with Gasteiger partial charge in [0.25, 0.3) is 0 Å². The van der Waals surface area contributed by atoms with E-state index in [2.05, 4.69) is 0 Å². The molecule has 102 valence electrons. The second-order valence-electron chi connectivity index (χ2n) is 4.47. The van der Waals surface area contributed by atoms with Gasteiger partial charge in [-0.25, -0.2) is 0 Å². The first-order valence-corrected chi connectivity index (χ1v) is 6.38. The van der Waals surface area contributed by atoms with E-state index in [-0.39, 0.29) is 12.4 Å². The number of allylic oxidation sites excluding steroid dienone is 4. The number of methoxy groups -OCH3 is 1. The minimum absolute atomic E-state index is 0.0920. The van der Waals surface area contributed by atoms with Crippen molar-refractivity contribution in [2.45, 2.75) is 12.8 Å². The first-order chi connectivity index (χ1) is 9.78. The molecule has 0 amide bonds. The number of carbonyl (C=O) groups excluding carboxylic acids is 1. The first-order valence-electron chi connectivity index (χ1n) is 6.38. The largest absolute Gasteiger partial charge is 0.469 e. The molecule has 0 atom stereocenters. The summed E-state index contributed by atoms with van der Waals surface area (Å²) in [4.78, 5) is 11.6. The van der Waals surface area contributed by atoms with Crippen molar-refractivity contribution in [1.29, 1.82) is 0 Å². The number of para-hydroxylation sites is 2. The van der Waals surface area contributed by atoms with Crippen LogP contribution in [0.4, 0.5) is 0 Å². The molecule has 0 bridgehead atoms. The lowest BCUT2D eigenvalue weighted by molar-refractivity contribution is -0.140. The Morgan fingerprint density at radius 2 is 2.00 bits per heavy atom. The molecule has 0 fully saturated rings. The summed E-state index contributed by atoms with van der Waals surface area (Å²) in [7, 11) is 1.37. The van der Waals surface area contributed by atoms with Gasteiger partial charge >= 0.3 is 5.97 Å². The third-order valence-corrected chi connectivity index (χ3v) is 3.17. The molecule has 1 aromatic rings. The van der Waals surface area contributed by atoms with Crippen LogP contribution >= 0.6 is 0 Å². The Balaban J connectivity index is 2.04. The summed E-state index contributed by atoms with van der Waals surface area (Å²) in [6.07, 6.45) is 6.57. The molecule has 0 N–H and O–H groups in total. The molecule has 0 saturated carbocycles. The van der Waals surface area contributed by atoms with Crippen molar-refractivity contribution >= 4 is 5.97 Å². The number of carbonyl (C=O) groups is 1. The van der Waals surface area contributed by atoms with Gasteiger partial charge in [-0.15, -0.1) is 0 Å². The third-order valence-electron chi connectivity index (χ3n) is 3.17. The van der Waals surface area contributed by atoms with E-state index in [9.17, 15) is 4.79 Å². The van der Waals surface area contributed by atoms with Crippen molar-refractivity contribution < 1.29 is 19.0 Å². The van der Waals surface area contributed by atoms with Gasteiger partial charge in [0.2, 0.25) is 0 Å². The maximum atomic E-state index is 11.6. The van der Waals surface area contributed by atoms with E-state index >= 15 is 0 Å². The molecular formula is C16H14O4. The smallest absolute Gasteiger partial charge is 0.313 e. The maximum Gasteiger partial charge on any atom is 0.313 e. The summed E-state index contributed by atoms with van der Waals surface area (Å²) >= 11 is 0. The molecule has 0 unspecified atom stereocenters. The van der Waals surface area contributed by atoms with Crippen molar-refractivity contribution in [1.82, 2.24) is 0 Å². The fraction of sp³-hybridized carbons (Fsp3) is 0.188. The monoisotopic (exact) mass is 270 g/mol. The molecule has 4 nitrogen and oxygen atoms in total. The molecule has 1 heterocycles. The van der Waals surface area contributed by atoms with Crippen LogP contribution in [-0.4, -0.2) is 13.1 Å². The predicted octanol–water partition coefficient (Wildman–Crippen LogP) is 3.12. The molecule has 4 heteroatoms. The van der Waals surface area contributed by atoms with E-state index in [0.717, 1.165) is 11.3 Å². The van der Waals surface area contributed by atoms with Crippen molar-refractivity contribution in [2.75, 3.05) is 7.11 Å². The Kier molecular flexibility index (Phi) is 3.29. The number of ether oxygens (including phenoxy) is 3. The van der Waals surface area contributed by atoms with Crippen LogP contribution in [-0.2, 0) is 9.53 Å². The topological polar surface area (TPSA) is 44.8 Å². The van der Waals surface area contributed by atoms with E-state index < -0.39 is 0 Å². The van der Waals surface area contributed by atoms with Gasteiger partial charge in [0.05, 0.1) is 7.11 Å². The molecule has 1 aliphatic heterocycles. The quantitative estimate of drug-likeness (QED) is 0.774. The van der Waals surface area contributed by atoms with Crippen molar-refractivity contribution in [3.63, 3.8) is 0 Å². The minimum Gasteiger partial charge on any atom is -0.469 e. The van der Waals surface area contributed by atoms with Crippen LogP contribution in [0, 0.1) is 0 Å². The number of fused-ring (bicyclic) bond motifs is 2. The second-order valence-corrected chi connectivity index (χ2v) is 4.47. The van der Waals surface area contributed by atoms with Crippen molar-refractivity contribution in [2.24, 2.45) is 0 Å². The minimum atomic E-state index is -0.333. The number of hydrogen-bond donors (Lipinski definition) is 0. The van der Waals surface area contributed by atoms with Gasteiger partial charge in [-0.1, -0.05) is 24.3 Å². The Labute approximate surface area is 117 Å². The average molecular weight is 270 g/mol. The summed E-state index contributed by atoms with van der Waals surface area (Å²) in [6.45, 7) is 0. The van der Waals surface area contributed by atoms with Crippen LogP contribution in [0.2, 0.25) is 0 Å². The van der Waals surface area contributed by atoms with Crippen LogP contribution in [0.5, 0.6) is 11.5 Å². The first kappa shape index (κ1) is 12.5. The number of esters is 1. The zero-order chi connectivity index (χ0) is 13.9. The fourth-order valence-electron chi connectivity index (χ4n) is 2.17. The van der Waals surface area contributed by atoms with Crippen LogP contribution in [0.3, 0.4) is 0 Å². The van der Waals surface area contributed by atoms with E-state index in [0.29, 0.717) is 23.7 Å². The van der Waals surface area contributed by atoms with Gasteiger partial charge in [0.15, 0.2) is 11.5 Å². The molecule has 20 heavy (non-hydrogen) atoms. The molecule has 0 spiro atoms. The summed E-state index contributed by atoms with van der Waals surface area (Å²) in [5.41, 5.74) is 0.883. The Morgan fingerprint density at radius 3 is 2.75 bits per heavy atom. The lowest BCUT2D eigenvalue weighted by Crippen LogP contribution is -2.10. The zero-order valence-corrected chi connectivity index (χ0v) is 11.1. The molecule has 0 saturated heterocycles. The van der Waals surface area contributed by atoms with Crippen LogP contribution in [0.1, 0.15) is 12.8 Å². The van der Waals surface area contributed by atoms with Crippen molar-refractivity contribution in [3.8, 4) is 11.5 Å². The van der Waals surface area contributed by atoms with E-state index in [1.54, 1.807) is 0 Å². The molecule has 3 rings (SSSR count). The SMILES string of the molecule is COC(=O)CC1=C2CC=CC=C2Oc2ccccc2O1. The Bertz CT molecular complexity index is 638. The molecular weight excluding hydrogens is 256 g/mol. The predicted molar refractivity (Wildman–Crippen MR) is 73.2 cm³/mol. The van der Waals surface area contributed by atoms with Crippen LogP contribution < -0.4 is 9.47 Å². The highest BCUT2D eigenvalue weighted by Gasteiger charge is 2.24. The van der Waals surface area contributed by atoms with E-state index in [4.69, 9.17) is 14.2 Å².